The van der Waals surface area contributed by atoms with Gasteiger partial charge in [0.05, 0.1) is 13.7 Å². The number of fused-ring (bicyclic) bond motifs is 1. The van der Waals surface area contributed by atoms with Gasteiger partial charge in [-0.1, -0.05) is 18.2 Å². The molecule has 0 bridgehead atoms. The number of nitrogens with one attached hydrogen (secondary N) is 1. The molecule has 0 unspecified atom stereocenters. The van der Waals surface area contributed by atoms with Gasteiger partial charge >= 0.3 is 0 Å². The minimum atomic E-state index is -0.209. The average Bonchev–Trinajstić information content (AvgIpc) is 3.43. The van der Waals surface area contributed by atoms with Gasteiger partial charge in [-0.2, -0.15) is 0 Å². The van der Waals surface area contributed by atoms with Crippen LogP contribution in [0.15, 0.2) is 48.9 Å². The highest BCUT2D eigenvalue weighted by atomic mass is 16.5. The van der Waals surface area contributed by atoms with E-state index in [-0.39, 0.29) is 5.91 Å². The van der Waals surface area contributed by atoms with Gasteiger partial charge in [0.15, 0.2) is 0 Å². The van der Waals surface area contributed by atoms with E-state index in [1.54, 1.807) is 13.3 Å². The molecule has 1 aliphatic carbocycles. The molecular formula is C28H31N7O2. The lowest BCUT2D eigenvalue weighted by molar-refractivity contribution is 0.0946. The zero-order valence-electron chi connectivity index (χ0n) is 21.0. The molecule has 2 aliphatic rings. The second kappa shape index (κ2) is 9.72. The van der Waals surface area contributed by atoms with Crippen LogP contribution in [0.1, 0.15) is 59.0 Å². The van der Waals surface area contributed by atoms with Gasteiger partial charge in [-0.25, -0.2) is 15.0 Å². The molecule has 1 amide bonds. The van der Waals surface area contributed by atoms with Crippen LogP contribution >= 0.6 is 0 Å². The fraction of sp³-hybridized carbons (Fsp3) is 0.357. The highest BCUT2D eigenvalue weighted by molar-refractivity contribution is 5.96. The summed E-state index contributed by atoms with van der Waals surface area (Å²) in [6.07, 6.45) is 10.1. The molecule has 4 aromatic rings. The van der Waals surface area contributed by atoms with Crippen molar-refractivity contribution in [3.63, 3.8) is 0 Å². The predicted octanol–water partition coefficient (Wildman–Crippen LogP) is 3.87. The second-order valence-corrected chi connectivity index (χ2v) is 9.84. The van der Waals surface area contributed by atoms with Crippen molar-refractivity contribution < 1.29 is 9.53 Å². The third-order valence-electron chi connectivity index (χ3n) is 7.23. The molecule has 1 saturated heterocycles. The summed E-state index contributed by atoms with van der Waals surface area (Å²) in [4.78, 5) is 29.0. The van der Waals surface area contributed by atoms with E-state index < -0.39 is 0 Å². The van der Waals surface area contributed by atoms with E-state index in [9.17, 15) is 4.79 Å². The fourth-order valence-electron chi connectivity index (χ4n) is 5.12. The Kier molecular flexibility index (Phi) is 6.12. The summed E-state index contributed by atoms with van der Waals surface area (Å²) in [6.45, 7) is 3.12. The van der Waals surface area contributed by atoms with Gasteiger partial charge in [-0.15, -0.1) is 0 Å². The Balaban J connectivity index is 1.18. The molecule has 3 aromatic heterocycles. The first kappa shape index (κ1) is 23.3. The third-order valence-corrected chi connectivity index (χ3v) is 7.23. The largest absolute Gasteiger partial charge is 0.496 e. The quantitative estimate of drug-likeness (QED) is 0.380. The predicted molar refractivity (Wildman–Crippen MR) is 143 cm³/mol. The van der Waals surface area contributed by atoms with Crippen molar-refractivity contribution in [3.05, 3.63) is 71.6 Å². The summed E-state index contributed by atoms with van der Waals surface area (Å²) >= 11 is 0. The first-order valence-corrected chi connectivity index (χ1v) is 12.9. The Morgan fingerprint density at radius 2 is 1.95 bits per heavy atom. The number of nitrogens with zero attached hydrogens (tertiary/aromatic N) is 5. The van der Waals surface area contributed by atoms with Gasteiger partial charge in [-0.3, -0.25) is 4.79 Å². The molecule has 9 nitrogen and oxygen atoms in total. The number of anilines is 2. The van der Waals surface area contributed by atoms with Crippen molar-refractivity contribution in [1.29, 1.82) is 0 Å². The van der Waals surface area contributed by atoms with Crippen molar-refractivity contribution in [2.75, 3.05) is 30.8 Å². The molecule has 0 spiro atoms. The lowest BCUT2D eigenvalue weighted by atomic mass is 10.1. The Labute approximate surface area is 215 Å². The number of hydrogen-bond acceptors (Lipinski definition) is 7. The monoisotopic (exact) mass is 497 g/mol. The highest BCUT2D eigenvalue weighted by Gasteiger charge is 2.30. The van der Waals surface area contributed by atoms with Gasteiger partial charge in [-0.05, 0) is 43.4 Å². The zero-order chi connectivity index (χ0) is 25.4. The topological polar surface area (TPSA) is 111 Å². The first-order chi connectivity index (χ1) is 18.1. The molecule has 9 heteroatoms. The first-order valence-electron chi connectivity index (χ1n) is 12.9. The number of amides is 1. The third kappa shape index (κ3) is 4.69. The number of hydrogen-bond donors (Lipinski definition) is 2. The van der Waals surface area contributed by atoms with Gasteiger partial charge < -0.3 is 25.3 Å². The van der Waals surface area contributed by atoms with E-state index in [0.29, 0.717) is 36.3 Å². The molecule has 6 rings (SSSR count). The van der Waals surface area contributed by atoms with Crippen LogP contribution in [-0.4, -0.2) is 45.6 Å². The van der Waals surface area contributed by atoms with Gasteiger partial charge in [0, 0.05) is 60.5 Å². The molecule has 0 radical (unpaired) electrons. The Bertz CT molecular complexity index is 1440. The smallest absolute Gasteiger partial charge is 0.271 e. The van der Waals surface area contributed by atoms with Crippen LogP contribution in [-0.2, 0) is 13.1 Å². The maximum Gasteiger partial charge on any atom is 0.271 e. The summed E-state index contributed by atoms with van der Waals surface area (Å²) in [6, 6.07) is 9.91. The van der Waals surface area contributed by atoms with Gasteiger partial charge in [0.25, 0.3) is 5.91 Å². The minimum Gasteiger partial charge on any atom is -0.496 e. The summed E-state index contributed by atoms with van der Waals surface area (Å²) in [7, 11) is 1.62. The van der Waals surface area contributed by atoms with Crippen LogP contribution in [0.4, 0.5) is 11.6 Å². The number of rotatable bonds is 8. The highest BCUT2D eigenvalue weighted by Crippen LogP contribution is 2.39. The van der Waals surface area contributed by atoms with Gasteiger partial charge in [0.2, 0.25) is 0 Å². The number of nitrogens with two attached hydrogens (primary N) is 1. The number of aromatic nitrogens is 4. The number of methoxy groups -OCH3 is 1. The fourth-order valence-corrected chi connectivity index (χ4v) is 5.12. The van der Waals surface area contributed by atoms with Crippen molar-refractivity contribution in [1.82, 2.24) is 24.8 Å². The average molecular weight is 498 g/mol. The molecule has 3 N–H and O–H groups in total. The molecule has 0 atom stereocenters. The van der Waals surface area contributed by atoms with Crippen LogP contribution in [0, 0.1) is 0 Å². The Morgan fingerprint density at radius 1 is 1.11 bits per heavy atom. The SMILES string of the molecule is COc1c(CNC(=O)c2cn(Cc3ccc(N4CCCC4)nc3)c(C3CC3)n2)ccc2c(N)nccc12. The molecule has 37 heavy (non-hydrogen) atoms. The molecule has 1 aromatic carbocycles. The minimum absolute atomic E-state index is 0.209. The number of carbonyl (C=O) groups excluding carboxylic acids is 1. The molecule has 1 saturated carbocycles. The second-order valence-electron chi connectivity index (χ2n) is 9.84. The van der Waals surface area contributed by atoms with Crippen molar-refractivity contribution in [2.24, 2.45) is 0 Å². The standard InChI is InChI=1S/C28H31N7O2/c1-37-25-20(7-8-22-21(25)10-11-30-26(22)29)15-32-28(36)23-17-35(27(33-23)19-5-6-19)16-18-4-9-24(31-14-18)34-12-2-3-13-34/h4,7-11,14,17,19H,2-3,5-6,12-13,15-16H2,1H3,(H2,29,30)(H,32,36). The van der Waals surface area contributed by atoms with Crippen LogP contribution in [0.5, 0.6) is 5.75 Å². The zero-order valence-corrected chi connectivity index (χ0v) is 21.0. The van der Waals surface area contributed by atoms with Crippen molar-refractivity contribution in [2.45, 2.75) is 44.7 Å². The maximum absolute atomic E-state index is 13.1. The molecule has 190 valence electrons. The Hall–Kier alpha value is -4.14. The van der Waals surface area contributed by atoms with Crippen molar-refractivity contribution in [3.8, 4) is 5.75 Å². The summed E-state index contributed by atoms with van der Waals surface area (Å²) in [5, 5.41) is 4.70. The number of nitrogen functional groups attached to an aromatic ring is 1. The van der Waals surface area contributed by atoms with E-state index in [0.717, 1.165) is 59.5 Å². The van der Waals surface area contributed by atoms with E-state index in [4.69, 9.17) is 15.5 Å². The summed E-state index contributed by atoms with van der Waals surface area (Å²) < 4.78 is 7.76. The van der Waals surface area contributed by atoms with E-state index in [1.807, 2.05) is 30.6 Å². The number of carbonyl (C=O) groups is 1. The van der Waals surface area contributed by atoms with Crippen LogP contribution < -0.4 is 20.7 Å². The van der Waals surface area contributed by atoms with E-state index in [1.165, 1.54) is 12.8 Å². The van der Waals surface area contributed by atoms with Crippen LogP contribution in [0.25, 0.3) is 10.8 Å². The van der Waals surface area contributed by atoms with E-state index >= 15 is 0 Å². The van der Waals surface area contributed by atoms with E-state index in [2.05, 4.69) is 36.9 Å². The van der Waals surface area contributed by atoms with Gasteiger partial charge in [0.1, 0.15) is 28.9 Å². The molecule has 4 heterocycles. The number of pyridine rings is 2. The Morgan fingerprint density at radius 3 is 2.68 bits per heavy atom. The lowest BCUT2D eigenvalue weighted by Crippen LogP contribution is -2.23. The molecule has 1 aliphatic heterocycles. The maximum atomic E-state index is 13.1. The number of benzene rings is 1. The van der Waals surface area contributed by atoms with Crippen LogP contribution in [0.3, 0.4) is 0 Å². The lowest BCUT2D eigenvalue weighted by Gasteiger charge is -2.16. The van der Waals surface area contributed by atoms with Crippen molar-refractivity contribution >= 4 is 28.3 Å². The molecule has 2 fully saturated rings. The summed E-state index contributed by atoms with van der Waals surface area (Å²) in [5.41, 5.74) is 8.40. The number of imidazole rings is 1. The molecular weight excluding hydrogens is 466 g/mol. The normalized spacial score (nSPS) is 15.3. The number of ether oxygens (including phenoxy) is 1. The van der Waals surface area contributed by atoms with Crippen LogP contribution in [0.2, 0.25) is 0 Å². The summed E-state index contributed by atoms with van der Waals surface area (Å²) in [5.74, 6) is 3.35.